The molecule has 0 fully saturated rings. The van der Waals surface area contributed by atoms with Crippen molar-refractivity contribution in [1.82, 2.24) is 9.78 Å². The number of aryl methyl sites for hydroxylation is 1. The average molecular weight is 191 g/mol. The number of fused-ring (bicyclic) bond motifs is 1. The Balaban J connectivity index is 2.59. The van der Waals surface area contributed by atoms with E-state index in [4.69, 9.17) is 0 Å². The maximum atomic E-state index is 10.5. The second kappa shape index (κ2) is 3.10. The van der Waals surface area contributed by atoms with Gasteiger partial charge in [-0.05, 0) is 13.0 Å². The van der Waals surface area contributed by atoms with E-state index in [0.29, 0.717) is 5.52 Å². The van der Waals surface area contributed by atoms with Gasteiger partial charge in [0.2, 0.25) is 0 Å². The van der Waals surface area contributed by atoms with Gasteiger partial charge in [-0.25, -0.2) is 0 Å². The van der Waals surface area contributed by atoms with Gasteiger partial charge in [0.25, 0.3) is 5.69 Å². The van der Waals surface area contributed by atoms with Crippen LogP contribution in [0, 0.1) is 10.1 Å². The Morgan fingerprint density at radius 1 is 1.57 bits per heavy atom. The molecule has 0 bridgehead atoms. The topological polar surface area (TPSA) is 61.0 Å². The fourth-order valence-corrected chi connectivity index (χ4v) is 1.33. The van der Waals surface area contributed by atoms with Crippen LogP contribution < -0.4 is 0 Å². The van der Waals surface area contributed by atoms with Crippen molar-refractivity contribution in [3.8, 4) is 0 Å². The minimum Gasteiger partial charge on any atom is -0.272 e. The minimum atomic E-state index is -0.412. The van der Waals surface area contributed by atoms with Gasteiger partial charge in [0.05, 0.1) is 10.4 Å². The Morgan fingerprint density at radius 2 is 2.36 bits per heavy atom. The van der Waals surface area contributed by atoms with E-state index in [2.05, 4.69) is 5.10 Å². The number of benzene rings is 1. The first-order chi connectivity index (χ1) is 6.70. The number of hydrogen-bond acceptors (Lipinski definition) is 3. The van der Waals surface area contributed by atoms with E-state index in [1.54, 1.807) is 10.7 Å². The normalized spacial score (nSPS) is 10.6. The van der Waals surface area contributed by atoms with Crippen LogP contribution in [0.1, 0.15) is 6.92 Å². The molecule has 0 spiro atoms. The number of nitrogens with zero attached hydrogens (tertiary/aromatic N) is 3. The van der Waals surface area contributed by atoms with Crippen molar-refractivity contribution in [2.24, 2.45) is 0 Å². The zero-order valence-corrected chi connectivity index (χ0v) is 7.67. The third kappa shape index (κ3) is 1.32. The molecule has 1 aromatic carbocycles. The molecule has 0 saturated heterocycles. The first-order valence-electron chi connectivity index (χ1n) is 4.32. The molecule has 0 aliphatic heterocycles. The van der Waals surface area contributed by atoms with Crippen LogP contribution in [0.5, 0.6) is 0 Å². The molecule has 0 atom stereocenters. The molecule has 2 aromatic rings. The highest BCUT2D eigenvalue weighted by molar-refractivity contribution is 5.80. The second-order valence-electron chi connectivity index (χ2n) is 2.99. The molecule has 0 saturated carbocycles. The number of rotatable bonds is 2. The van der Waals surface area contributed by atoms with Crippen molar-refractivity contribution in [3.63, 3.8) is 0 Å². The third-order valence-electron chi connectivity index (χ3n) is 2.07. The molecule has 0 aliphatic rings. The van der Waals surface area contributed by atoms with E-state index in [9.17, 15) is 10.1 Å². The second-order valence-corrected chi connectivity index (χ2v) is 2.99. The molecule has 2 rings (SSSR count). The SMILES string of the molecule is CCn1cc2ccc([N+](=O)[O-])cc2n1. The average Bonchev–Trinajstić information content (AvgIpc) is 2.58. The van der Waals surface area contributed by atoms with Gasteiger partial charge in [-0.2, -0.15) is 5.10 Å². The Bertz CT molecular complexity index is 490. The lowest BCUT2D eigenvalue weighted by Crippen LogP contribution is -1.92. The highest BCUT2D eigenvalue weighted by Gasteiger charge is 2.07. The Morgan fingerprint density at radius 3 is 3.00 bits per heavy atom. The summed E-state index contributed by atoms with van der Waals surface area (Å²) in [7, 11) is 0. The summed E-state index contributed by atoms with van der Waals surface area (Å²) in [5, 5.41) is 15.6. The number of nitro benzene ring substituents is 1. The van der Waals surface area contributed by atoms with Crippen molar-refractivity contribution in [1.29, 1.82) is 0 Å². The van der Waals surface area contributed by atoms with Crippen molar-refractivity contribution in [2.45, 2.75) is 13.5 Å². The van der Waals surface area contributed by atoms with Crippen molar-refractivity contribution in [3.05, 3.63) is 34.5 Å². The lowest BCUT2D eigenvalue weighted by molar-refractivity contribution is -0.384. The summed E-state index contributed by atoms with van der Waals surface area (Å²) < 4.78 is 1.76. The number of nitro groups is 1. The summed E-state index contributed by atoms with van der Waals surface area (Å²) in [6.45, 7) is 2.74. The van der Waals surface area contributed by atoms with Gasteiger partial charge in [-0.1, -0.05) is 0 Å². The number of aromatic nitrogens is 2. The molecule has 1 aromatic heterocycles. The predicted molar refractivity (Wildman–Crippen MR) is 52.1 cm³/mol. The van der Waals surface area contributed by atoms with E-state index in [1.807, 2.05) is 13.1 Å². The summed E-state index contributed by atoms with van der Waals surface area (Å²) in [4.78, 5) is 10.1. The Kier molecular flexibility index (Phi) is 1.92. The summed E-state index contributed by atoms with van der Waals surface area (Å²) in [6, 6.07) is 4.69. The van der Waals surface area contributed by atoms with Crippen LogP contribution >= 0.6 is 0 Å². The monoisotopic (exact) mass is 191 g/mol. The van der Waals surface area contributed by atoms with Crippen molar-refractivity contribution >= 4 is 16.6 Å². The summed E-state index contributed by atoms with van der Waals surface area (Å²) >= 11 is 0. The molecule has 0 N–H and O–H groups in total. The summed E-state index contributed by atoms with van der Waals surface area (Å²) in [5.41, 5.74) is 0.750. The van der Waals surface area contributed by atoms with Gasteiger partial charge < -0.3 is 0 Å². The predicted octanol–water partition coefficient (Wildman–Crippen LogP) is 1.96. The molecular weight excluding hydrogens is 182 g/mol. The summed E-state index contributed by atoms with van der Waals surface area (Å²) in [6.07, 6.45) is 1.87. The molecule has 0 radical (unpaired) electrons. The molecule has 72 valence electrons. The van der Waals surface area contributed by atoms with Gasteiger partial charge in [0.1, 0.15) is 0 Å². The molecule has 5 heteroatoms. The molecular formula is C9H9N3O2. The molecule has 5 nitrogen and oxygen atoms in total. The standard InChI is InChI=1S/C9H9N3O2/c1-2-11-6-7-3-4-8(12(13)14)5-9(7)10-11/h3-6H,2H2,1H3. The quantitative estimate of drug-likeness (QED) is 0.538. The van der Waals surface area contributed by atoms with Gasteiger partial charge in [0.15, 0.2) is 0 Å². The number of non-ortho nitro benzene ring substituents is 1. The molecule has 14 heavy (non-hydrogen) atoms. The van der Waals surface area contributed by atoms with Crippen molar-refractivity contribution < 1.29 is 4.92 Å². The Labute approximate surface area is 80.1 Å². The lowest BCUT2D eigenvalue weighted by Gasteiger charge is -1.89. The van der Waals surface area contributed by atoms with Crippen LogP contribution in [0.15, 0.2) is 24.4 Å². The van der Waals surface area contributed by atoms with E-state index >= 15 is 0 Å². The van der Waals surface area contributed by atoms with E-state index < -0.39 is 4.92 Å². The largest absolute Gasteiger partial charge is 0.272 e. The maximum absolute atomic E-state index is 10.5. The number of hydrogen-bond donors (Lipinski definition) is 0. The molecule has 1 heterocycles. The minimum absolute atomic E-state index is 0.0823. The van der Waals surface area contributed by atoms with Crippen LogP contribution in [0.4, 0.5) is 5.69 Å². The molecule has 0 aliphatic carbocycles. The highest BCUT2D eigenvalue weighted by atomic mass is 16.6. The van der Waals surface area contributed by atoms with Crippen LogP contribution in [0.25, 0.3) is 10.9 Å². The van der Waals surface area contributed by atoms with Crippen LogP contribution in [-0.4, -0.2) is 14.7 Å². The third-order valence-corrected chi connectivity index (χ3v) is 2.07. The first-order valence-corrected chi connectivity index (χ1v) is 4.32. The van der Waals surface area contributed by atoms with E-state index in [0.717, 1.165) is 11.9 Å². The smallest absolute Gasteiger partial charge is 0.271 e. The van der Waals surface area contributed by atoms with E-state index in [1.165, 1.54) is 12.1 Å². The van der Waals surface area contributed by atoms with Gasteiger partial charge >= 0.3 is 0 Å². The fraction of sp³-hybridized carbons (Fsp3) is 0.222. The zero-order chi connectivity index (χ0) is 10.1. The molecule has 0 amide bonds. The van der Waals surface area contributed by atoms with Crippen molar-refractivity contribution in [2.75, 3.05) is 0 Å². The van der Waals surface area contributed by atoms with Crippen LogP contribution in [0.2, 0.25) is 0 Å². The van der Waals surface area contributed by atoms with Gasteiger partial charge in [0, 0.05) is 30.3 Å². The zero-order valence-electron chi connectivity index (χ0n) is 7.67. The maximum Gasteiger partial charge on any atom is 0.271 e. The van der Waals surface area contributed by atoms with E-state index in [-0.39, 0.29) is 5.69 Å². The highest BCUT2D eigenvalue weighted by Crippen LogP contribution is 2.19. The van der Waals surface area contributed by atoms with Gasteiger partial charge in [-0.3, -0.25) is 14.8 Å². The first kappa shape index (κ1) is 8.68. The summed E-state index contributed by atoms with van der Waals surface area (Å²) in [5.74, 6) is 0. The van der Waals surface area contributed by atoms with Crippen LogP contribution in [0.3, 0.4) is 0 Å². The van der Waals surface area contributed by atoms with Crippen LogP contribution in [-0.2, 0) is 6.54 Å². The molecule has 0 unspecified atom stereocenters. The van der Waals surface area contributed by atoms with Gasteiger partial charge in [-0.15, -0.1) is 0 Å². The Hall–Kier alpha value is -1.91. The lowest BCUT2D eigenvalue weighted by atomic mass is 10.2. The fourth-order valence-electron chi connectivity index (χ4n) is 1.33.